The molecule has 6 aromatic rings. The zero-order chi connectivity index (χ0) is 38.2. The van der Waals surface area contributed by atoms with Crippen LogP contribution in [0, 0.1) is 29.7 Å². The average Bonchev–Trinajstić information content (AvgIpc) is 3.66. The molecule has 6 nitrogen and oxygen atoms in total. The molecule has 0 atom stereocenters. The van der Waals surface area contributed by atoms with Crippen LogP contribution in [0.3, 0.4) is 0 Å². The quantitative estimate of drug-likeness (QED) is 0.0837. The molecular weight excluding hydrogens is 837 g/mol. The molecule has 1 N–H and O–H groups in total. The topological polar surface area (TPSA) is 89.4 Å². The van der Waals surface area contributed by atoms with E-state index in [0.29, 0.717) is 11.6 Å². The standard InChI is InChI=1S/C31H29N2O2.C15H28O2.Ir/c1-17(2)13-25-18(3)26-23(34-25)11-12-24-27(26)28-29(32-16-33-30(28)35-24)20-14-19-9-7-8-10-21(19)22(15-20)31(4,5)6;1-7-14(5,8-2)12(16)11-13(17)15(6,9-3)10-4;/h7-12,15-17H,13H2,1-6H3;11,16H,7-10H2,1-6H3;/q-1;;/b;12-11-;. The molecule has 0 spiro atoms. The zero-order valence-electron chi connectivity index (χ0n) is 33.7. The minimum absolute atomic E-state index is 0. The predicted molar refractivity (Wildman–Crippen MR) is 216 cm³/mol. The van der Waals surface area contributed by atoms with E-state index in [1.54, 1.807) is 6.33 Å². The van der Waals surface area contributed by atoms with E-state index in [9.17, 15) is 9.90 Å². The molecule has 0 fully saturated rings. The first-order chi connectivity index (χ1) is 24.5. The number of ketones is 1. The van der Waals surface area contributed by atoms with Crippen molar-refractivity contribution in [2.24, 2.45) is 16.7 Å². The molecule has 3 aromatic carbocycles. The summed E-state index contributed by atoms with van der Waals surface area (Å²) < 4.78 is 12.6. The number of hydrogen-bond donors (Lipinski definition) is 1. The van der Waals surface area contributed by atoms with Crippen molar-refractivity contribution >= 4 is 49.6 Å². The Morgan fingerprint density at radius 2 is 1.45 bits per heavy atom. The number of rotatable bonds is 10. The number of furan rings is 2. The molecule has 3 heterocycles. The summed E-state index contributed by atoms with van der Waals surface area (Å²) in [6.45, 7) is 25.4. The number of aryl methyl sites for hydroxylation is 1. The van der Waals surface area contributed by atoms with Crippen molar-refractivity contribution in [1.29, 1.82) is 0 Å². The van der Waals surface area contributed by atoms with Gasteiger partial charge in [0.15, 0.2) is 5.78 Å². The molecule has 1 radical (unpaired) electrons. The molecule has 0 bridgehead atoms. The number of nitrogens with zero attached hydrogens (tertiary/aromatic N) is 2. The van der Waals surface area contributed by atoms with Crippen LogP contribution < -0.4 is 0 Å². The van der Waals surface area contributed by atoms with E-state index in [1.165, 1.54) is 17.0 Å². The van der Waals surface area contributed by atoms with Gasteiger partial charge in [-0.3, -0.25) is 9.78 Å². The van der Waals surface area contributed by atoms with Gasteiger partial charge in [0, 0.05) is 65.3 Å². The number of fused-ring (bicyclic) bond motifs is 6. The SMILES string of the molecule is CCC(C)(CC)C(=O)/C=C(\O)C(C)(CC)CC.Cc1c(CC(C)C)oc2ccc3oc4ncnc(-c5[c-]c6ccccc6c(C(C)(C)C)c5)c4c3c12.[Ir]. The van der Waals surface area contributed by atoms with Crippen molar-refractivity contribution < 1.29 is 38.8 Å². The molecule has 0 saturated heterocycles. The number of allylic oxidation sites excluding steroid dienone is 2. The maximum Gasteiger partial charge on any atom is 0.223 e. The van der Waals surface area contributed by atoms with Gasteiger partial charge in [0.2, 0.25) is 5.71 Å². The maximum absolute atomic E-state index is 12.2. The minimum Gasteiger partial charge on any atom is -0.512 e. The summed E-state index contributed by atoms with van der Waals surface area (Å²) in [6.07, 6.45) is 7.24. The van der Waals surface area contributed by atoms with Gasteiger partial charge in [0.05, 0.1) is 0 Å². The molecule has 0 amide bonds. The van der Waals surface area contributed by atoms with Crippen molar-refractivity contribution in [3.63, 3.8) is 0 Å². The normalized spacial score (nSPS) is 12.8. The fourth-order valence-corrected chi connectivity index (χ4v) is 6.91. The Morgan fingerprint density at radius 1 is 0.849 bits per heavy atom. The third-order valence-electron chi connectivity index (χ3n) is 11.5. The van der Waals surface area contributed by atoms with Crippen LogP contribution in [-0.4, -0.2) is 20.9 Å². The summed E-state index contributed by atoms with van der Waals surface area (Å²) in [4.78, 5) is 21.5. The van der Waals surface area contributed by atoms with Gasteiger partial charge in [-0.15, -0.1) is 29.1 Å². The third kappa shape index (κ3) is 8.17. The van der Waals surface area contributed by atoms with Crippen molar-refractivity contribution in [3.05, 3.63) is 83.6 Å². The number of carbonyl (C=O) groups is 1. The second kappa shape index (κ2) is 16.3. The molecule has 3 aromatic heterocycles. The molecule has 0 unspecified atom stereocenters. The smallest absolute Gasteiger partial charge is 0.223 e. The van der Waals surface area contributed by atoms with E-state index in [4.69, 9.17) is 13.8 Å². The van der Waals surface area contributed by atoms with Crippen LogP contribution in [0.5, 0.6) is 0 Å². The summed E-state index contributed by atoms with van der Waals surface area (Å²) in [5.41, 5.74) is 5.84. The first-order valence-corrected chi connectivity index (χ1v) is 19.0. The van der Waals surface area contributed by atoms with Crippen LogP contribution in [-0.2, 0) is 36.7 Å². The zero-order valence-corrected chi connectivity index (χ0v) is 36.1. The van der Waals surface area contributed by atoms with Gasteiger partial charge in [-0.05, 0) is 61.6 Å². The van der Waals surface area contributed by atoms with E-state index in [0.717, 1.165) is 87.4 Å². The van der Waals surface area contributed by atoms with E-state index in [2.05, 4.69) is 82.9 Å². The summed E-state index contributed by atoms with van der Waals surface area (Å²) in [5, 5.41) is 15.5. The van der Waals surface area contributed by atoms with Crippen LogP contribution in [0.1, 0.15) is 119 Å². The Bertz CT molecular complexity index is 2260. The fraction of sp³-hybridized carbons (Fsp3) is 0.457. The molecule has 0 aliphatic rings. The van der Waals surface area contributed by atoms with Crippen LogP contribution in [0.4, 0.5) is 0 Å². The van der Waals surface area contributed by atoms with Gasteiger partial charge in [-0.25, -0.2) is 4.98 Å². The van der Waals surface area contributed by atoms with E-state index < -0.39 is 0 Å². The fourth-order valence-electron chi connectivity index (χ4n) is 6.91. The third-order valence-corrected chi connectivity index (χ3v) is 11.5. The molecule has 0 aliphatic carbocycles. The molecule has 7 heteroatoms. The summed E-state index contributed by atoms with van der Waals surface area (Å²) in [7, 11) is 0. The Balaban J connectivity index is 0.000000299. The Labute approximate surface area is 329 Å². The van der Waals surface area contributed by atoms with Crippen molar-refractivity contribution in [2.45, 2.75) is 121 Å². The number of benzene rings is 3. The van der Waals surface area contributed by atoms with Crippen LogP contribution in [0.2, 0.25) is 0 Å². The molecule has 53 heavy (non-hydrogen) atoms. The maximum atomic E-state index is 12.2. The first-order valence-electron chi connectivity index (χ1n) is 19.0. The van der Waals surface area contributed by atoms with Gasteiger partial charge in [-0.2, -0.15) is 0 Å². The first kappa shape index (κ1) is 41.9. The van der Waals surface area contributed by atoms with Gasteiger partial charge in [-0.1, -0.05) is 105 Å². The second-order valence-electron chi connectivity index (χ2n) is 16.4. The number of hydrogen-bond acceptors (Lipinski definition) is 6. The van der Waals surface area contributed by atoms with E-state index >= 15 is 0 Å². The minimum atomic E-state index is -0.337. The summed E-state index contributed by atoms with van der Waals surface area (Å²) in [5.74, 6) is 1.82. The average molecular weight is 894 g/mol. The van der Waals surface area contributed by atoms with E-state index in [-0.39, 0.29) is 47.9 Å². The molecule has 6 rings (SSSR count). The summed E-state index contributed by atoms with van der Waals surface area (Å²) >= 11 is 0. The Morgan fingerprint density at radius 3 is 2.04 bits per heavy atom. The van der Waals surface area contributed by atoms with Gasteiger partial charge >= 0.3 is 0 Å². The van der Waals surface area contributed by atoms with Crippen molar-refractivity contribution in [3.8, 4) is 11.3 Å². The largest absolute Gasteiger partial charge is 0.512 e. The van der Waals surface area contributed by atoms with Crippen LogP contribution in [0.25, 0.3) is 55.1 Å². The number of aliphatic hydroxyl groups excluding tert-OH is 1. The Kier molecular flexibility index (Phi) is 12.9. The predicted octanol–water partition coefficient (Wildman–Crippen LogP) is 13.2. The van der Waals surface area contributed by atoms with Gasteiger partial charge in [0.25, 0.3) is 0 Å². The monoisotopic (exact) mass is 894 g/mol. The second-order valence-corrected chi connectivity index (χ2v) is 16.4. The number of carbonyl (C=O) groups excluding carboxylic acids is 1. The van der Waals surface area contributed by atoms with Gasteiger partial charge < -0.3 is 13.9 Å². The molecule has 0 aliphatic heterocycles. The summed E-state index contributed by atoms with van der Waals surface area (Å²) in [6, 6.07) is 18.3. The molecular formula is C46H57IrN2O4-. The molecule has 285 valence electrons. The number of aromatic nitrogens is 2. The van der Waals surface area contributed by atoms with E-state index in [1.807, 2.05) is 53.7 Å². The van der Waals surface area contributed by atoms with Crippen LogP contribution in [0.15, 0.2) is 69.5 Å². The molecule has 0 saturated carbocycles. The Hall–Kier alpha value is -3.80. The van der Waals surface area contributed by atoms with Crippen molar-refractivity contribution in [1.82, 2.24) is 9.97 Å². The van der Waals surface area contributed by atoms with Crippen LogP contribution >= 0.6 is 0 Å². The van der Waals surface area contributed by atoms with Crippen molar-refractivity contribution in [2.75, 3.05) is 0 Å². The number of aliphatic hydroxyl groups is 1. The van der Waals surface area contributed by atoms with Gasteiger partial charge in [0.1, 0.15) is 29.0 Å².